The van der Waals surface area contributed by atoms with Crippen molar-refractivity contribution in [1.29, 1.82) is 0 Å². The van der Waals surface area contributed by atoms with Crippen molar-refractivity contribution >= 4 is 17.3 Å². The zero-order valence-corrected chi connectivity index (χ0v) is 19.5. The molecule has 0 heterocycles. The van der Waals surface area contributed by atoms with E-state index in [1.165, 1.54) is 18.2 Å². The van der Waals surface area contributed by atoms with Crippen LogP contribution in [0.4, 0.5) is 49.6 Å². The Bertz CT molecular complexity index is 1270. The van der Waals surface area contributed by atoms with E-state index in [0.717, 1.165) is 29.2 Å². The Labute approximate surface area is 213 Å². The van der Waals surface area contributed by atoms with Crippen molar-refractivity contribution in [2.75, 3.05) is 11.4 Å². The third-order valence-electron chi connectivity index (χ3n) is 5.17. The Morgan fingerprint density at radius 3 is 2.05 bits per heavy atom. The molecular weight excluding hydrogens is 560 g/mol. The number of aliphatic hydroxyl groups excluding tert-OH is 1. The molecular formula is C24H16ClF10NO2. The van der Waals surface area contributed by atoms with Crippen LogP contribution in [-0.2, 0) is 18.9 Å². The first-order chi connectivity index (χ1) is 17.4. The van der Waals surface area contributed by atoms with Crippen LogP contribution in [0.25, 0.3) is 0 Å². The lowest BCUT2D eigenvalue weighted by Crippen LogP contribution is -2.41. The maximum atomic E-state index is 14.4. The summed E-state index contributed by atoms with van der Waals surface area (Å²) in [7, 11) is 0. The van der Waals surface area contributed by atoms with E-state index in [4.69, 9.17) is 16.3 Å². The summed E-state index contributed by atoms with van der Waals surface area (Å²) >= 11 is 5.57. The molecule has 14 heteroatoms. The quantitative estimate of drug-likeness (QED) is 0.288. The minimum Gasteiger partial charge on any atom is -0.457 e. The lowest BCUT2D eigenvalue weighted by molar-refractivity contribution is -0.200. The minimum absolute atomic E-state index is 0.102. The van der Waals surface area contributed by atoms with Gasteiger partial charge >= 0.3 is 18.5 Å². The molecule has 1 atom stereocenters. The van der Waals surface area contributed by atoms with Crippen molar-refractivity contribution in [1.82, 2.24) is 0 Å². The summed E-state index contributed by atoms with van der Waals surface area (Å²) in [4.78, 5) is 0.833. The van der Waals surface area contributed by atoms with Gasteiger partial charge in [-0.2, -0.15) is 39.5 Å². The van der Waals surface area contributed by atoms with Crippen molar-refractivity contribution in [3.63, 3.8) is 0 Å². The van der Waals surface area contributed by atoms with Crippen LogP contribution in [-0.4, -0.2) is 23.9 Å². The summed E-state index contributed by atoms with van der Waals surface area (Å²) in [5.74, 6) is -1.80. The molecule has 38 heavy (non-hydrogen) atoms. The number of hydrogen-bond acceptors (Lipinski definition) is 3. The van der Waals surface area contributed by atoms with Crippen molar-refractivity contribution < 1.29 is 53.7 Å². The van der Waals surface area contributed by atoms with E-state index in [2.05, 4.69) is 0 Å². The second kappa shape index (κ2) is 10.9. The van der Waals surface area contributed by atoms with Crippen LogP contribution in [0.5, 0.6) is 11.5 Å². The van der Waals surface area contributed by atoms with Gasteiger partial charge in [0.2, 0.25) is 0 Å². The Kier molecular flexibility index (Phi) is 8.42. The van der Waals surface area contributed by atoms with Crippen molar-refractivity contribution in [3.8, 4) is 11.5 Å². The average molecular weight is 576 g/mol. The van der Waals surface area contributed by atoms with Gasteiger partial charge in [0, 0.05) is 23.9 Å². The standard InChI is InChI=1S/C24H16ClF10NO2/c25-19-7-6-17(10-18(19)23(30,31)32)38-16-3-1-2-15(9-16)36(12-21(37)24(33,34)35)11-13-4-5-14(8-20(13)26)22(27,28)29/h1-10,21,37H,11-12H2/t21-/m1/s1. The highest BCUT2D eigenvalue weighted by atomic mass is 35.5. The summed E-state index contributed by atoms with van der Waals surface area (Å²) < 4.78 is 137. The third kappa shape index (κ3) is 7.44. The van der Waals surface area contributed by atoms with Crippen LogP contribution in [0.15, 0.2) is 60.7 Å². The minimum atomic E-state index is -5.08. The van der Waals surface area contributed by atoms with Crippen LogP contribution in [0.3, 0.4) is 0 Å². The number of nitrogens with zero attached hydrogens (tertiary/aromatic N) is 1. The van der Waals surface area contributed by atoms with Gasteiger partial charge in [-0.15, -0.1) is 0 Å². The largest absolute Gasteiger partial charge is 0.457 e. The average Bonchev–Trinajstić information content (AvgIpc) is 2.79. The molecule has 0 aromatic heterocycles. The first-order valence-electron chi connectivity index (χ1n) is 10.4. The van der Waals surface area contributed by atoms with Crippen molar-refractivity contribution in [2.45, 2.75) is 31.2 Å². The molecule has 0 saturated heterocycles. The normalized spacial score (nSPS) is 13.4. The lowest BCUT2D eigenvalue weighted by atomic mass is 10.1. The number of aliphatic hydroxyl groups is 1. The zero-order valence-electron chi connectivity index (χ0n) is 18.7. The molecule has 0 aliphatic rings. The van der Waals surface area contributed by atoms with E-state index >= 15 is 0 Å². The number of halogens is 11. The molecule has 0 unspecified atom stereocenters. The molecule has 0 aliphatic carbocycles. The first-order valence-corrected chi connectivity index (χ1v) is 10.8. The van der Waals surface area contributed by atoms with Gasteiger partial charge in [-0.25, -0.2) is 4.39 Å². The van der Waals surface area contributed by atoms with Gasteiger partial charge in [0.1, 0.15) is 17.3 Å². The number of benzene rings is 3. The SMILES string of the molecule is O[C@H](CN(Cc1ccc(C(F)(F)F)cc1F)c1cccc(Oc2ccc(Cl)c(C(F)(F)F)c2)c1)C(F)(F)F. The summed E-state index contributed by atoms with van der Waals surface area (Å²) in [6.07, 6.45) is -17.7. The molecule has 3 nitrogen and oxygen atoms in total. The maximum absolute atomic E-state index is 14.4. The Balaban J connectivity index is 1.94. The summed E-state index contributed by atoms with van der Waals surface area (Å²) in [5, 5.41) is 9.00. The first kappa shape index (κ1) is 29.4. The second-order valence-corrected chi connectivity index (χ2v) is 8.39. The highest BCUT2D eigenvalue weighted by Crippen LogP contribution is 2.38. The fourth-order valence-corrected chi connectivity index (χ4v) is 3.52. The van der Waals surface area contributed by atoms with Gasteiger partial charge in [-0.05, 0) is 42.5 Å². The van der Waals surface area contributed by atoms with Crippen molar-refractivity contribution in [3.05, 3.63) is 88.2 Å². The monoisotopic (exact) mass is 575 g/mol. The van der Waals surface area contributed by atoms with E-state index in [9.17, 15) is 49.0 Å². The zero-order chi connectivity index (χ0) is 28.5. The van der Waals surface area contributed by atoms with E-state index in [0.29, 0.717) is 12.1 Å². The molecule has 206 valence electrons. The predicted octanol–water partition coefficient (Wildman–Crippen LogP) is 8.24. The van der Waals surface area contributed by atoms with Crippen LogP contribution < -0.4 is 9.64 Å². The highest BCUT2D eigenvalue weighted by molar-refractivity contribution is 6.31. The smallest absolute Gasteiger partial charge is 0.417 e. The topological polar surface area (TPSA) is 32.7 Å². The van der Waals surface area contributed by atoms with Gasteiger partial charge in [0.05, 0.1) is 22.7 Å². The molecule has 0 spiro atoms. The second-order valence-electron chi connectivity index (χ2n) is 7.98. The fraction of sp³-hybridized carbons (Fsp3) is 0.250. The predicted molar refractivity (Wildman–Crippen MR) is 117 cm³/mol. The molecule has 0 radical (unpaired) electrons. The van der Waals surface area contributed by atoms with Gasteiger partial charge in [0.25, 0.3) is 0 Å². The molecule has 0 aliphatic heterocycles. The molecule has 0 saturated carbocycles. The number of anilines is 1. The van der Waals surface area contributed by atoms with Crippen LogP contribution in [0.2, 0.25) is 5.02 Å². The molecule has 0 bridgehead atoms. The maximum Gasteiger partial charge on any atom is 0.417 e. The Morgan fingerprint density at radius 2 is 1.47 bits per heavy atom. The summed E-state index contributed by atoms with van der Waals surface area (Å²) in [6, 6.07) is 9.02. The number of alkyl halides is 9. The van der Waals surface area contributed by atoms with Crippen LogP contribution in [0.1, 0.15) is 16.7 Å². The van der Waals surface area contributed by atoms with Crippen LogP contribution >= 0.6 is 11.6 Å². The molecule has 0 amide bonds. The molecule has 3 aromatic carbocycles. The lowest BCUT2D eigenvalue weighted by Gasteiger charge is -2.29. The van der Waals surface area contributed by atoms with E-state index in [-0.39, 0.29) is 23.3 Å². The molecule has 1 N–H and O–H groups in total. The molecule has 3 rings (SSSR count). The molecule has 0 fully saturated rings. The number of rotatable bonds is 7. The fourth-order valence-electron chi connectivity index (χ4n) is 3.30. The summed E-state index contributed by atoms with van der Waals surface area (Å²) in [6.45, 7) is -1.84. The molecule has 3 aromatic rings. The van der Waals surface area contributed by atoms with Gasteiger partial charge in [-0.3, -0.25) is 0 Å². The van der Waals surface area contributed by atoms with Gasteiger partial charge < -0.3 is 14.7 Å². The number of hydrogen-bond donors (Lipinski definition) is 1. The Morgan fingerprint density at radius 1 is 0.816 bits per heavy atom. The van der Waals surface area contributed by atoms with Crippen LogP contribution in [0, 0.1) is 5.82 Å². The van der Waals surface area contributed by atoms with Gasteiger partial charge in [-0.1, -0.05) is 23.7 Å². The third-order valence-corrected chi connectivity index (χ3v) is 5.50. The van der Waals surface area contributed by atoms with Crippen molar-refractivity contribution in [2.24, 2.45) is 0 Å². The van der Waals surface area contributed by atoms with Gasteiger partial charge in [0.15, 0.2) is 6.10 Å². The highest BCUT2D eigenvalue weighted by Gasteiger charge is 2.39. The van der Waals surface area contributed by atoms with E-state index < -0.39 is 65.3 Å². The number of ether oxygens (including phenoxy) is 1. The summed E-state index contributed by atoms with van der Waals surface area (Å²) in [5.41, 5.74) is -3.01. The Hall–Kier alpha value is -3.19. The van der Waals surface area contributed by atoms with E-state index in [1.807, 2.05) is 0 Å². The van der Waals surface area contributed by atoms with E-state index in [1.54, 1.807) is 0 Å².